The van der Waals surface area contributed by atoms with E-state index in [0.29, 0.717) is 17.2 Å². The molecule has 4 rings (SSSR count). The first-order valence-electron chi connectivity index (χ1n) is 7.45. The highest BCUT2D eigenvalue weighted by molar-refractivity contribution is 7.22. The van der Waals surface area contributed by atoms with E-state index in [4.69, 9.17) is 0 Å². The number of rotatable bonds is 1. The highest BCUT2D eigenvalue weighted by Gasteiger charge is 2.28. The van der Waals surface area contributed by atoms with Crippen LogP contribution in [0.1, 0.15) is 5.56 Å². The molecule has 0 saturated carbocycles. The third-order valence-electron chi connectivity index (χ3n) is 4.52. The normalized spacial score (nSPS) is 23.2. The van der Waals surface area contributed by atoms with E-state index >= 15 is 0 Å². The van der Waals surface area contributed by atoms with E-state index in [9.17, 15) is 4.39 Å². The van der Waals surface area contributed by atoms with Gasteiger partial charge in [0.2, 0.25) is 0 Å². The molecule has 2 aromatic carbocycles. The largest absolute Gasteiger partial charge is 0.206 e. The summed E-state index contributed by atoms with van der Waals surface area (Å²) >= 11 is 0. The molecule has 2 aliphatic rings. The zero-order chi connectivity index (χ0) is 15.1. The fourth-order valence-corrected chi connectivity index (χ4v) is 3.83. The van der Waals surface area contributed by atoms with Gasteiger partial charge >= 0.3 is 0 Å². The number of fused-ring (bicyclic) bond motifs is 2. The van der Waals surface area contributed by atoms with Crippen molar-refractivity contribution in [3.63, 3.8) is 0 Å². The topological polar surface area (TPSA) is 0 Å². The molecule has 0 radical (unpaired) electrons. The molecule has 22 heavy (non-hydrogen) atoms. The first-order chi connectivity index (χ1) is 10.8. The first kappa shape index (κ1) is 13.7. The fourth-order valence-electron chi connectivity index (χ4n) is 3.41. The van der Waals surface area contributed by atoms with Gasteiger partial charge in [-0.15, -0.1) is 9.24 Å². The van der Waals surface area contributed by atoms with Gasteiger partial charge in [-0.05, 0) is 27.9 Å². The van der Waals surface area contributed by atoms with Gasteiger partial charge in [0.25, 0.3) is 0 Å². The minimum atomic E-state index is -0.159. The molecule has 0 spiro atoms. The number of allylic oxidation sites excluding steroid dienone is 8. The Morgan fingerprint density at radius 1 is 0.818 bits per heavy atom. The van der Waals surface area contributed by atoms with Crippen molar-refractivity contribution in [2.45, 2.75) is 0 Å². The monoisotopic (exact) mass is 306 g/mol. The van der Waals surface area contributed by atoms with Crippen LogP contribution in [0.3, 0.4) is 0 Å². The molecular formula is C20H16FP. The molecule has 0 N–H and O–H groups in total. The lowest BCUT2D eigenvalue weighted by molar-refractivity contribution is 0.639. The average Bonchev–Trinajstić information content (AvgIpc) is 2.57. The lowest BCUT2D eigenvalue weighted by Gasteiger charge is -2.31. The highest BCUT2D eigenvalue weighted by atomic mass is 31.0. The second-order valence-corrected chi connectivity index (χ2v) is 6.42. The van der Waals surface area contributed by atoms with Crippen molar-refractivity contribution in [2.24, 2.45) is 11.8 Å². The molecule has 0 amide bonds. The van der Waals surface area contributed by atoms with E-state index < -0.39 is 0 Å². The molecule has 3 unspecified atom stereocenters. The molecule has 2 aromatic rings. The third-order valence-corrected chi connectivity index (χ3v) is 5.09. The van der Waals surface area contributed by atoms with Crippen LogP contribution in [0.15, 0.2) is 78.2 Å². The van der Waals surface area contributed by atoms with Crippen LogP contribution in [0.25, 0.3) is 16.3 Å². The maximum Gasteiger partial charge on any atom is 0.131 e. The highest BCUT2D eigenvalue weighted by Crippen LogP contribution is 2.44. The van der Waals surface area contributed by atoms with E-state index in [1.54, 1.807) is 6.07 Å². The van der Waals surface area contributed by atoms with Crippen LogP contribution in [0.2, 0.25) is 0 Å². The van der Waals surface area contributed by atoms with Crippen molar-refractivity contribution < 1.29 is 4.39 Å². The van der Waals surface area contributed by atoms with E-state index in [-0.39, 0.29) is 5.82 Å². The number of benzene rings is 2. The average molecular weight is 306 g/mol. The SMILES string of the molecule is Fc1ccc(C2=CC=C(P)C3C=CC=CC23)c2ccccc12. The quantitative estimate of drug-likeness (QED) is 0.611. The summed E-state index contributed by atoms with van der Waals surface area (Å²) in [5, 5.41) is 2.96. The molecule has 2 heteroatoms. The van der Waals surface area contributed by atoms with Crippen LogP contribution in [0.5, 0.6) is 0 Å². The molecule has 0 heterocycles. The summed E-state index contributed by atoms with van der Waals surface area (Å²) in [6.07, 6.45) is 13.0. The number of halogens is 1. The Morgan fingerprint density at radius 2 is 1.55 bits per heavy atom. The van der Waals surface area contributed by atoms with Crippen molar-refractivity contribution in [3.8, 4) is 0 Å². The van der Waals surface area contributed by atoms with Crippen molar-refractivity contribution >= 4 is 25.6 Å². The maximum absolute atomic E-state index is 14.1. The van der Waals surface area contributed by atoms with Gasteiger partial charge in [0.05, 0.1) is 0 Å². The Kier molecular flexibility index (Phi) is 3.32. The minimum Gasteiger partial charge on any atom is -0.206 e. The number of hydrogen-bond acceptors (Lipinski definition) is 0. The van der Waals surface area contributed by atoms with Gasteiger partial charge in [-0.25, -0.2) is 4.39 Å². The summed E-state index contributed by atoms with van der Waals surface area (Å²) in [4.78, 5) is 0. The summed E-state index contributed by atoms with van der Waals surface area (Å²) in [7, 11) is 2.84. The second-order valence-electron chi connectivity index (χ2n) is 5.75. The lowest BCUT2D eigenvalue weighted by Crippen LogP contribution is -2.17. The molecule has 0 fully saturated rings. The molecular weight excluding hydrogens is 290 g/mol. The standard InChI is InChI=1S/C20H16FP/c21-19-11-9-15(13-5-1-3-7-17(13)19)16-10-12-20(22)18-8-4-2-6-14(16)18/h1-12,14,18H,22H2. The van der Waals surface area contributed by atoms with Crippen LogP contribution in [-0.2, 0) is 0 Å². The van der Waals surface area contributed by atoms with E-state index in [1.807, 2.05) is 30.3 Å². The molecule has 0 aromatic heterocycles. The maximum atomic E-state index is 14.1. The molecule has 0 saturated heterocycles. The molecule has 2 aliphatic carbocycles. The van der Waals surface area contributed by atoms with Crippen LogP contribution >= 0.6 is 9.24 Å². The van der Waals surface area contributed by atoms with E-state index in [1.165, 1.54) is 10.9 Å². The summed E-state index contributed by atoms with van der Waals surface area (Å²) in [5.74, 6) is 0.531. The van der Waals surface area contributed by atoms with Crippen LogP contribution in [0.4, 0.5) is 4.39 Å². The van der Waals surface area contributed by atoms with Gasteiger partial charge in [-0.3, -0.25) is 0 Å². The molecule has 0 aliphatic heterocycles. The van der Waals surface area contributed by atoms with Crippen LogP contribution < -0.4 is 0 Å². The van der Waals surface area contributed by atoms with Gasteiger partial charge in [-0.2, -0.15) is 0 Å². The van der Waals surface area contributed by atoms with Gasteiger partial charge in [0.1, 0.15) is 5.82 Å². The van der Waals surface area contributed by atoms with E-state index in [2.05, 4.69) is 45.7 Å². The summed E-state index contributed by atoms with van der Waals surface area (Å²) in [6, 6.07) is 11.2. The van der Waals surface area contributed by atoms with Crippen LogP contribution in [0, 0.1) is 17.7 Å². The van der Waals surface area contributed by atoms with Crippen LogP contribution in [-0.4, -0.2) is 0 Å². The molecule has 0 nitrogen and oxygen atoms in total. The Bertz CT molecular complexity index is 870. The number of hydrogen-bond donors (Lipinski definition) is 0. The smallest absolute Gasteiger partial charge is 0.131 e. The predicted molar refractivity (Wildman–Crippen MR) is 94.9 cm³/mol. The Morgan fingerprint density at radius 3 is 2.36 bits per heavy atom. The van der Waals surface area contributed by atoms with Gasteiger partial charge in [-0.1, -0.05) is 66.8 Å². The second kappa shape index (κ2) is 5.34. The third kappa shape index (κ3) is 2.09. The Balaban J connectivity index is 1.94. The predicted octanol–water partition coefficient (Wildman–Crippen LogP) is 5.49. The minimum absolute atomic E-state index is 0.159. The van der Waals surface area contributed by atoms with Gasteiger partial charge < -0.3 is 0 Å². The first-order valence-corrected chi connectivity index (χ1v) is 8.03. The zero-order valence-electron chi connectivity index (χ0n) is 12.0. The Hall–Kier alpha value is -1.98. The van der Waals surface area contributed by atoms with Crippen molar-refractivity contribution in [2.75, 3.05) is 0 Å². The van der Waals surface area contributed by atoms with Gasteiger partial charge in [0, 0.05) is 17.2 Å². The zero-order valence-corrected chi connectivity index (χ0v) is 13.2. The van der Waals surface area contributed by atoms with Crippen molar-refractivity contribution in [1.82, 2.24) is 0 Å². The van der Waals surface area contributed by atoms with Gasteiger partial charge in [0.15, 0.2) is 0 Å². The lowest BCUT2D eigenvalue weighted by atomic mass is 9.76. The molecule has 3 atom stereocenters. The van der Waals surface area contributed by atoms with E-state index in [0.717, 1.165) is 10.9 Å². The molecule has 108 valence electrons. The summed E-state index contributed by atoms with van der Waals surface area (Å²) in [5.41, 5.74) is 2.38. The fraction of sp³-hybridized carbons (Fsp3) is 0.100. The molecule has 0 bridgehead atoms. The summed E-state index contributed by atoms with van der Waals surface area (Å²) < 4.78 is 14.1. The van der Waals surface area contributed by atoms with Crippen molar-refractivity contribution in [1.29, 1.82) is 0 Å². The summed E-state index contributed by atoms with van der Waals surface area (Å²) in [6.45, 7) is 0. The van der Waals surface area contributed by atoms with Crippen molar-refractivity contribution in [3.05, 3.63) is 89.5 Å². The Labute approximate surface area is 131 Å².